The Morgan fingerprint density at radius 1 is 1.40 bits per heavy atom. The molecular formula is C11H11ClO2S. The third kappa shape index (κ3) is 1.99. The Bertz CT molecular complexity index is 388. The van der Waals surface area contributed by atoms with Crippen LogP contribution in [0, 0.1) is 0 Å². The maximum atomic E-state index is 11.2. The molecule has 0 heterocycles. The van der Waals surface area contributed by atoms with Gasteiger partial charge in [0.1, 0.15) is 4.75 Å². The fourth-order valence-corrected chi connectivity index (χ4v) is 3.16. The Kier molecular flexibility index (Phi) is 2.94. The van der Waals surface area contributed by atoms with Gasteiger partial charge in [-0.2, -0.15) is 0 Å². The van der Waals surface area contributed by atoms with Crippen molar-refractivity contribution in [2.24, 2.45) is 0 Å². The molecule has 0 aromatic heterocycles. The molecule has 2 nitrogen and oxygen atoms in total. The number of carboxylic acids is 1. The molecule has 80 valence electrons. The van der Waals surface area contributed by atoms with Crippen LogP contribution in [0.1, 0.15) is 19.3 Å². The third-order valence-corrected chi connectivity index (χ3v) is 4.68. The molecule has 4 heteroatoms. The molecule has 0 unspecified atom stereocenters. The van der Waals surface area contributed by atoms with Gasteiger partial charge >= 0.3 is 5.97 Å². The number of hydrogen-bond acceptors (Lipinski definition) is 2. The van der Waals surface area contributed by atoms with Crippen LogP contribution in [-0.4, -0.2) is 15.8 Å². The molecule has 2 rings (SSSR count). The summed E-state index contributed by atoms with van der Waals surface area (Å²) in [6, 6.07) is 7.39. The van der Waals surface area contributed by atoms with Crippen LogP contribution in [0.4, 0.5) is 0 Å². The number of aliphatic carboxylic acids is 1. The summed E-state index contributed by atoms with van der Waals surface area (Å²) < 4.78 is -0.634. The van der Waals surface area contributed by atoms with Crippen LogP contribution in [-0.2, 0) is 4.79 Å². The van der Waals surface area contributed by atoms with Crippen molar-refractivity contribution in [1.82, 2.24) is 0 Å². The Hall–Kier alpha value is -0.670. The molecule has 0 spiro atoms. The molecule has 1 aliphatic rings. The summed E-state index contributed by atoms with van der Waals surface area (Å²) in [6.45, 7) is 0. The molecule has 0 aliphatic heterocycles. The van der Waals surface area contributed by atoms with Crippen molar-refractivity contribution in [2.75, 3.05) is 0 Å². The molecule has 1 saturated carbocycles. The van der Waals surface area contributed by atoms with Gasteiger partial charge in [-0.25, -0.2) is 0 Å². The van der Waals surface area contributed by atoms with Crippen molar-refractivity contribution in [1.29, 1.82) is 0 Å². The van der Waals surface area contributed by atoms with Crippen molar-refractivity contribution in [3.8, 4) is 0 Å². The first-order valence-electron chi connectivity index (χ1n) is 4.81. The van der Waals surface area contributed by atoms with E-state index < -0.39 is 10.7 Å². The van der Waals surface area contributed by atoms with Crippen LogP contribution in [0.3, 0.4) is 0 Å². The van der Waals surface area contributed by atoms with Gasteiger partial charge in [-0.1, -0.05) is 23.7 Å². The second kappa shape index (κ2) is 4.06. The van der Waals surface area contributed by atoms with Crippen molar-refractivity contribution >= 4 is 29.3 Å². The van der Waals surface area contributed by atoms with E-state index in [-0.39, 0.29) is 0 Å². The van der Waals surface area contributed by atoms with Gasteiger partial charge in [-0.05, 0) is 31.4 Å². The molecule has 1 aromatic rings. The summed E-state index contributed by atoms with van der Waals surface area (Å²) in [6.07, 6.45) is 2.46. The first kappa shape index (κ1) is 10.8. The van der Waals surface area contributed by atoms with E-state index in [1.54, 1.807) is 6.07 Å². The van der Waals surface area contributed by atoms with Gasteiger partial charge in [0.15, 0.2) is 0 Å². The average Bonchev–Trinajstić information content (AvgIpc) is 2.13. The number of thioether (sulfide) groups is 1. The average molecular weight is 243 g/mol. The minimum absolute atomic E-state index is 0.634. The highest BCUT2D eigenvalue weighted by molar-refractivity contribution is 8.01. The van der Waals surface area contributed by atoms with E-state index in [4.69, 9.17) is 11.6 Å². The number of benzene rings is 1. The predicted octanol–water partition coefficient (Wildman–Crippen LogP) is 3.44. The zero-order chi connectivity index (χ0) is 10.9. The summed E-state index contributed by atoms with van der Waals surface area (Å²) in [5.74, 6) is -0.723. The molecule has 1 N–H and O–H groups in total. The molecule has 0 bridgehead atoms. The highest BCUT2D eigenvalue weighted by atomic mass is 35.5. The minimum Gasteiger partial charge on any atom is -0.480 e. The number of halogens is 1. The second-order valence-corrected chi connectivity index (χ2v) is 5.52. The molecule has 1 aromatic carbocycles. The van der Waals surface area contributed by atoms with E-state index in [0.29, 0.717) is 5.02 Å². The zero-order valence-corrected chi connectivity index (χ0v) is 9.64. The molecule has 1 aliphatic carbocycles. The lowest BCUT2D eigenvalue weighted by atomic mass is 9.84. The van der Waals surface area contributed by atoms with Crippen molar-refractivity contribution in [3.63, 3.8) is 0 Å². The Labute approximate surface area is 97.6 Å². The van der Waals surface area contributed by atoms with Crippen LogP contribution in [0.2, 0.25) is 5.02 Å². The maximum Gasteiger partial charge on any atom is 0.320 e. The van der Waals surface area contributed by atoms with Crippen molar-refractivity contribution < 1.29 is 9.90 Å². The lowest BCUT2D eigenvalue weighted by Crippen LogP contribution is -2.41. The minimum atomic E-state index is -0.723. The van der Waals surface area contributed by atoms with Crippen LogP contribution >= 0.6 is 23.4 Å². The molecule has 1 fully saturated rings. The molecule has 0 saturated heterocycles. The number of carboxylic acid groups (broad SMARTS) is 1. The van der Waals surface area contributed by atoms with Gasteiger partial charge < -0.3 is 5.11 Å². The quantitative estimate of drug-likeness (QED) is 0.882. The van der Waals surface area contributed by atoms with Crippen LogP contribution in [0.5, 0.6) is 0 Å². The fraction of sp³-hybridized carbons (Fsp3) is 0.364. The fourth-order valence-electron chi connectivity index (χ4n) is 1.60. The van der Waals surface area contributed by atoms with E-state index in [9.17, 15) is 9.90 Å². The normalized spacial score (nSPS) is 18.2. The summed E-state index contributed by atoms with van der Waals surface area (Å²) >= 11 is 7.38. The standard InChI is InChI=1S/C11H11ClO2S/c12-8-4-1-2-5-9(8)15-11(10(13)14)6-3-7-11/h1-2,4-5H,3,6-7H2,(H,13,14). The molecular weight excluding hydrogens is 232 g/mol. The summed E-state index contributed by atoms with van der Waals surface area (Å²) in [5.41, 5.74) is 0. The lowest BCUT2D eigenvalue weighted by molar-refractivity contribution is -0.142. The lowest BCUT2D eigenvalue weighted by Gasteiger charge is -2.36. The zero-order valence-electron chi connectivity index (χ0n) is 8.07. The van der Waals surface area contributed by atoms with Crippen LogP contribution in [0.25, 0.3) is 0 Å². The van der Waals surface area contributed by atoms with Gasteiger partial charge in [0, 0.05) is 4.90 Å². The van der Waals surface area contributed by atoms with E-state index in [2.05, 4.69) is 0 Å². The first-order valence-corrected chi connectivity index (χ1v) is 6.00. The van der Waals surface area contributed by atoms with Crippen LogP contribution < -0.4 is 0 Å². The van der Waals surface area contributed by atoms with E-state index in [0.717, 1.165) is 24.2 Å². The van der Waals surface area contributed by atoms with Gasteiger partial charge in [0.05, 0.1) is 5.02 Å². The topological polar surface area (TPSA) is 37.3 Å². The third-order valence-electron chi connectivity index (χ3n) is 2.69. The second-order valence-electron chi connectivity index (χ2n) is 3.69. The van der Waals surface area contributed by atoms with E-state index in [1.165, 1.54) is 11.8 Å². The van der Waals surface area contributed by atoms with Gasteiger partial charge in [-0.15, -0.1) is 11.8 Å². The Morgan fingerprint density at radius 2 is 2.07 bits per heavy atom. The van der Waals surface area contributed by atoms with E-state index in [1.807, 2.05) is 18.2 Å². The van der Waals surface area contributed by atoms with E-state index >= 15 is 0 Å². The predicted molar refractivity (Wildman–Crippen MR) is 61.5 cm³/mol. The molecule has 0 radical (unpaired) electrons. The maximum absolute atomic E-state index is 11.2. The first-order chi connectivity index (χ1) is 7.14. The largest absolute Gasteiger partial charge is 0.480 e. The smallest absolute Gasteiger partial charge is 0.320 e. The highest BCUT2D eigenvalue weighted by Crippen LogP contribution is 2.49. The molecule has 0 atom stereocenters. The van der Waals surface area contributed by atoms with Crippen molar-refractivity contribution in [2.45, 2.75) is 28.9 Å². The van der Waals surface area contributed by atoms with Gasteiger partial charge in [0.25, 0.3) is 0 Å². The number of rotatable bonds is 3. The SMILES string of the molecule is O=C(O)C1(Sc2ccccc2Cl)CCC1. The van der Waals surface area contributed by atoms with Crippen molar-refractivity contribution in [3.05, 3.63) is 29.3 Å². The molecule has 0 amide bonds. The summed E-state index contributed by atoms with van der Waals surface area (Å²) in [5, 5.41) is 9.81. The van der Waals surface area contributed by atoms with Crippen LogP contribution in [0.15, 0.2) is 29.2 Å². The number of hydrogen-bond donors (Lipinski definition) is 1. The summed E-state index contributed by atoms with van der Waals surface area (Å²) in [7, 11) is 0. The Morgan fingerprint density at radius 3 is 2.53 bits per heavy atom. The van der Waals surface area contributed by atoms with Gasteiger partial charge in [-0.3, -0.25) is 4.79 Å². The summed E-state index contributed by atoms with van der Waals surface area (Å²) in [4.78, 5) is 12.0. The monoisotopic (exact) mass is 242 g/mol. The molecule has 15 heavy (non-hydrogen) atoms. The number of carbonyl (C=O) groups is 1. The van der Waals surface area contributed by atoms with Gasteiger partial charge in [0.2, 0.25) is 0 Å². The Balaban J connectivity index is 2.21. The highest BCUT2D eigenvalue weighted by Gasteiger charge is 2.45.